The SMILES string of the molecule is CP(C)(CCP(C)(C)(OCc1ccccc1)OCc1ccccc1)(OCc1ccccc1)OCc1ccccc1. The van der Waals surface area contributed by atoms with Crippen molar-refractivity contribution >= 4 is 14.1 Å². The Kier molecular flexibility index (Phi) is 9.96. The third-order valence-corrected chi connectivity index (χ3v) is 14.3. The van der Waals surface area contributed by atoms with E-state index in [4.69, 9.17) is 18.1 Å². The van der Waals surface area contributed by atoms with Gasteiger partial charge in [-0.05, 0) is 0 Å². The van der Waals surface area contributed by atoms with Gasteiger partial charge in [0.25, 0.3) is 0 Å². The molecule has 0 aliphatic heterocycles. The summed E-state index contributed by atoms with van der Waals surface area (Å²) in [5.41, 5.74) is 4.54. The Hall–Kier alpha value is -2.42. The van der Waals surface area contributed by atoms with E-state index in [2.05, 4.69) is 75.2 Å². The van der Waals surface area contributed by atoms with Crippen LogP contribution in [-0.4, -0.2) is 39.0 Å². The maximum atomic E-state index is 6.81. The van der Waals surface area contributed by atoms with Crippen LogP contribution in [0.5, 0.6) is 0 Å². The zero-order chi connectivity index (χ0) is 28.4. The Labute approximate surface area is 240 Å². The molecule has 0 spiro atoms. The summed E-state index contributed by atoms with van der Waals surface area (Å²) in [4.78, 5) is 0. The minimum absolute atomic E-state index is 0.500. The first-order chi connectivity index (χ1) is 19.1. The molecule has 4 nitrogen and oxygen atoms in total. The normalized spacial score (nSPS) is 14.1. The summed E-state index contributed by atoms with van der Waals surface area (Å²) in [6.07, 6.45) is 1.44. The van der Waals surface area contributed by atoms with E-state index in [1.807, 2.05) is 72.8 Å². The van der Waals surface area contributed by atoms with Crippen LogP contribution in [-0.2, 0) is 44.5 Å². The third kappa shape index (κ3) is 9.60. The fourth-order valence-corrected chi connectivity index (χ4v) is 11.7. The van der Waals surface area contributed by atoms with Crippen LogP contribution in [0.2, 0.25) is 0 Å². The van der Waals surface area contributed by atoms with Crippen molar-refractivity contribution in [2.75, 3.05) is 39.0 Å². The standard InChI is InChI=1S/C34H44O4P2/c1-39(2,35-27-31-17-9-5-10-18-31,36-28-32-19-11-6-12-20-32)25-26-40(3,4,37-29-33-21-13-7-14-22-33)38-30-34-23-15-8-16-24-34/h5-24H,25-30H2,1-4H3. The molecule has 0 fully saturated rings. The van der Waals surface area contributed by atoms with Crippen LogP contribution in [0.3, 0.4) is 0 Å². The predicted octanol–water partition coefficient (Wildman–Crippen LogP) is 9.14. The Balaban J connectivity index is 1.56. The van der Waals surface area contributed by atoms with Crippen molar-refractivity contribution in [3.8, 4) is 0 Å². The summed E-state index contributed by atoms with van der Waals surface area (Å²) in [5, 5.41) is 0. The molecule has 0 radical (unpaired) electrons. The van der Waals surface area contributed by atoms with Gasteiger partial charge in [0.05, 0.1) is 0 Å². The van der Waals surface area contributed by atoms with Crippen LogP contribution in [0.1, 0.15) is 22.3 Å². The van der Waals surface area contributed by atoms with E-state index >= 15 is 0 Å². The molecule has 4 rings (SSSR count). The molecule has 4 aromatic rings. The molecule has 0 atom stereocenters. The molecule has 40 heavy (non-hydrogen) atoms. The fourth-order valence-electron chi connectivity index (χ4n) is 4.30. The van der Waals surface area contributed by atoms with Crippen LogP contribution in [0.25, 0.3) is 0 Å². The van der Waals surface area contributed by atoms with Crippen molar-refractivity contribution < 1.29 is 18.1 Å². The van der Waals surface area contributed by atoms with Crippen molar-refractivity contribution in [1.29, 1.82) is 0 Å². The molecule has 0 aliphatic carbocycles. The number of hydrogen-bond acceptors (Lipinski definition) is 4. The van der Waals surface area contributed by atoms with Crippen molar-refractivity contribution in [3.05, 3.63) is 144 Å². The quantitative estimate of drug-likeness (QED) is 0.132. The minimum atomic E-state index is -3.12. The van der Waals surface area contributed by atoms with E-state index in [-0.39, 0.29) is 0 Å². The topological polar surface area (TPSA) is 36.9 Å². The van der Waals surface area contributed by atoms with Crippen LogP contribution >= 0.6 is 14.1 Å². The van der Waals surface area contributed by atoms with Gasteiger partial charge < -0.3 is 0 Å². The molecule has 0 saturated carbocycles. The van der Waals surface area contributed by atoms with Crippen LogP contribution in [0.4, 0.5) is 0 Å². The molecule has 0 bridgehead atoms. The Morgan fingerprint density at radius 3 is 0.750 bits per heavy atom. The van der Waals surface area contributed by atoms with Crippen LogP contribution in [0, 0.1) is 0 Å². The van der Waals surface area contributed by atoms with Crippen LogP contribution < -0.4 is 0 Å². The molecule has 0 aliphatic rings. The van der Waals surface area contributed by atoms with Gasteiger partial charge >= 0.3 is 241 Å². The molecule has 0 aromatic heterocycles. The van der Waals surface area contributed by atoms with E-state index < -0.39 is 14.1 Å². The Morgan fingerprint density at radius 1 is 0.350 bits per heavy atom. The van der Waals surface area contributed by atoms with E-state index in [1.165, 1.54) is 0 Å². The Morgan fingerprint density at radius 2 is 0.550 bits per heavy atom. The summed E-state index contributed by atoms with van der Waals surface area (Å²) in [6, 6.07) is 41.2. The molecule has 4 aromatic carbocycles. The number of rotatable bonds is 15. The molecule has 0 N–H and O–H groups in total. The summed E-state index contributed by atoms with van der Waals surface area (Å²) in [6.45, 7) is 10.7. The zero-order valence-electron chi connectivity index (χ0n) is 24.3. The molecule has 6 heteroatoms. The van der Waals surface area contributed by atoms with Crippen LogP contribution in [0.15, 0.2) is 121 Å². The third-order valence-electron chi connectivity index (χ3n) is 7.26. The molecule has 0 heterocycles. The second-order valence-corrected chi connectivity index (χ2v) is 22.3. The van der Waals surface area contributed by atoms with Crippen molar-refractivity contribution in [2.45, 2.75) is 26.4 Å². The van der Waals surface area contributed by atoms with Gasteiger partial charge in [-0.1, -0.05) is 0 Å². The van der Waals surface area contributed by atoms with E-state index in [0.29, 0.717) is 26.4 Å². The molecule has 214 valence electrons. The van der Waals surface area contributed by atoms with Crippen molar-refractivity contribution in [1.82, 2.24) is 0 Å². The van der Waals surface area contributed by atoms with Crippen molar-refractivity contribution in [3.63, 3.8) is 0 Å². The molecular formula is C34H44O4P2. The number of benzene rings is 4. The second kappa shape index (κ2) is 13.0. The van der Waals surface area contributed by atoms with E-state index in [1.54, 1.807) is 0 Å². The van der Waals surface area contributed by atoms with Gasteiger partial charge in [-0.15, -0.1) is 0 Å². The predicted molar refractivity (Wildman–Crippen MR) is 172 cm³/mol. The molecule has 0 amide bonds. The first-order valence-corrected chi connectivity index (χ1v) is 20.2. The maximum absolute atomic E-state index is 6.81. The summed E-state index contributed by atoms with van der Waals surface area (Å²) in [5.74, 6) is 0. The van der Waals surface area contributed by atoms with Gasteiger partial charge in [-0.3, -0.25) is 0 Å². The Bertz CT molecular complexity index is 1110. The molecular weight excluding hydrogens is 534 g/mol. The monoisotopic (exact) mass is 578 g/mol. The zero-order valence-corrected chi connectivity index (χ0v) is 26.1. The van der Waals surface area contributed by atoms with Gasteiger partial charge in [0.2, 0.25) is 0 Å². The first-order valence-electron chi connectivity index (χ1n) is 13.9. The number of hydrogen-bond donors (Lipinski definition) is 0. The van der Waals surface area contributed by atoms with E-state index in [9.17, 15) is 0 Å². The summed E-state index contributed by atoms with van der Waals surface area (Å²) in [7, 11) is -6.23. The molecule has 0 unspecified atom stereocenters. The van der Waals surface area contributed by atoms with Gasteiger partial charge in [-0.25, -0.2) is 0 Å². The second-order valence-electron chi connectivity index (χ2n) is 11.8. The first kappa shape index (κ1) is 30.5. The average Bonchev–Trinajstić information content (AvgIpc) is 2.99. The van der Waals surface area contributed by atoms with Gasteiger partial charge in [0.15, 0.2) is 0 Å². The van der Waals surface area contributed by atoms with Gasteiger partial charge in [-0.2, -0.15) is 0 Å². The fraction of sp³-hybridized carbons (Fsp3) is 0.294. The van der Waals surface area contributed by atoms with Crippen molar-refractivity contribution in [2.24, 2.45) is 0 Å². The van der Waals surface area contributed by atoms with Gasteiger partial charge in [0.1, 0.15) is 0 Å². The summed E-state index contributed by atoms with van der Waals surface area (Å²) < 4.78 is 27.2. The van der Waals surface area contributed by atoms with Gasteiger partial charge in [0, 0.05) is 0 Å². The summed E-state index contributed by atoms with van der Waals surface area (Å²) >= 11 is 0. The average molecular weight is 579 g/mol. The molecule has 0 saturated heterocycles. The van der Waals surface area contributed by atoms with E-state index in [0.717, 1.165) is 34.6 Å².